The maximum atomic E-state index is 2.75. The quantitative estimate of drug-likeness (QED) is 0.308. The van der Waals surface area contributed by atoms with Crippen molar-refractivity contribution in [3.63, 3.8) is 0 Å². The minimum atomic E-state index is -2.55. The van der Waals surface area contributed by atoms with Crippen LogP contribution < -0.4 is 28.1 Å². The van der Waals surface area contributed by atoms with Gasteiger partial charge in [-0.05, 0) is 0 Å². The predicted octanol–water partition coefficient (Wildman–Crippen LogP) is 3.85. The van der Waals surface area contributed by atoms with Gasteiger partial charge in [-0.1, -0.05) is 0 Å². The first-order chi connectivity index (χ1) is 18.7. The summed E-state index contributed by atoms with van der Waals surface area (Å²) in [5, 5.41) is 0. The van der Waals surface area contributed by atoms with Crippen LogP contribution in [0.15, 0.2) is 81.7 Å². The van der Waals surface area contributed by atoms with Crippen LogP contribution in [0.5, 0.6) is 0 Å². The standard InChI is InChI=1S/C21H25.C11H17.C7H6.2ClH.Zr/c1-20(2,3)16-7-9-18-14(12-16)11-15-13-17(21(4,5)6)8-10-19(15)18;1-5-9-6-7-10(8-9)11(2,3)4;1-7-5-3-2-4-6-7;;;/h7-10,12H,11H2,1-6H3;7-9H,5H2,1-4H3;1-6H;2*1H;/q;;;;;+2/p-2. The molecule has 0 aromatic heterocycles. The molecule has 42 heavy (non-hydrogen) atoms. The fourth-order valence-electron chi connectivity index (χ4n) is 6.40. The summed E-state index contributed by atoms with van der Waals surface area (Å²) in [4.78, 5) is 0. The van der Waals surface area contributed by atoms with Crippen molar-refractivity contribution in [3.05, 3.63) is 109 Å². The normalized spacial score (nSPS) is 16.2. The Kier molecular flexibility index (Phi) is 10.7. The Labute approximate surface area is 276 Å². The Balaban J connectivity index is 0.00000242. The molecule has 5 rings (SSSR count). The smallest absolute Gasteiger partial charge is 1.00 e. The van der Waals surface area contributed by atoms with Crippen LogP contribution in [0, 0.1) is 11.3 Å². The minimum absolute atomic E-state index is 0. The average molecular weight is 679 g/mol. The van der Waals surface area contributed by atoms with Gasteiger partial charge in [0.15, 0.2) is 0 Å². The molecule has 0 aliphatic heterocycles. The van der Waals surface area contributed by atoms with Crippen molar-refractivity contribution >= 4 is 6.98 Å². The molecular formula is C39H48Cl2Zr. The summed E-state index contributed by atoms with van der Waals surface area (Å²) in [5.74, 6) is 0.545. The molecule has 3 aromatic carbocycles. The maximum Gasteiger partial charge on any atom is -1.00 e. The third-order valence-electron chi connectivity index (χ3n) is 8.84. The third kappa shape index (κ3) is 6.90. The monoisotopic (exact) mass is 676 g/mol. The minimum Gasteiger partial charge on any atom is -1.00 e. The molecular weight excluding hydrogens is 631 g/mol. The zero-order chi connectivity index (χ0) is 29.0. The van der Waals surface area contributed by atoms with Crippen molar-refractivity contribution in [2.45, 2.75) is 92.9 Å². The van der Waals surface area contributed by atoms with Crippen LogP contribution in [0.3, 0.4) is 0 Å². The Morgan fingerprint density at radius 1 is 0.762 bits per heavy atom. The molecule has 0 nitrogen and oxygen atoms in total. The van der Waals surface area contributed by atoms with Crippen molar-refractivity contribution in [3.8, 4) is 11.1 Å². The fraction of sp³-hybridized carbons (Fsp3) is 0.410. The number of fused-ring (bicyclic) bond motifs is 3. The van der Waals surface area contributed by atoms with E-state index in [1.54, 1.807) is 17.7 Å². The van der Waals surface area contributed by atoms with Gasteiger partial charge in [-0.2, -0.15) is 0 Å². The summed E-state index contributed by atoms with van der Waals surface area (Å²) in [6.45, 7) is 23.8. The molecule has 0 N–H and O–H groups in total. The van der Waals surface area contributed by atoms with Gasteiger partial charge >= 0.3 is 253 Å². The van der Waals surface area contributed by atoms with Crippen LogP contribution in [0.1, 0.15) is 103 Å². The first-order valence-corrected chi connectivity index (χ1v) is 19.1. The molecule has 1 unspecified atom stereocenters. The molecule has 0 saturated heterocycles. The van der Waals surface area contributed by atoms with E-state index in [0.717, 1.165) is 6.42 Å². The van der Waals surface area contributed by atoms with Gasteiger partial charge in [-0.15, -0.1) is 0 Å². The van der Waals surface area contributed by atoms with Gasteiger partial charge in [-0.3, -0.25) is 0 Å². The predicted molar refractivity (Wildman–Crippen MR) is 173 cm³/mol. The summed E-state index contributed by atoms with van der Waals surface area (Å²) in [6, 6.07) is 23.4. The topological polar surface area (TPSA) is 0 Å². The van der Waals surface area contributed by atoms with E-state index in [-0.39, 0.29) is 41.1 Å². The van der Waals surface area contributed by atoms with E-state index in [4.69, 9.17) is 0 Å². The second-order valence-corrected chi connectivity index (χ2v) is 20.4. The Hall–Kier alpha value is -1.53. The van der Waals surface area contributed by atoms with Gasteiger partial charge in [0.05, 0.1) is 0 Å². The van der Waals surface area contributed by atoms with Gasteiger partial charge in [0, 0.05) is 0 Å². The zero-order valence-corrected chi connectivity index (χ0v) is 31.2. The van der Waals surface area contributed by atoms with Gasteiger partial charge in [0.25, 0.3) is 0 Å². The van der Waals surface area contributed by atoms with Crippen molar-refractivity contribution < 1.29 is 46.1 Å². The zero-order valence-electron chi connectivity index (χ0n) is 27.3. The maximum absolute atomic E-state index is 2.75. The van der Waals surface area contributed by atoms with E-state index < -0.39 is 21.3 Å². The Morgan fingerprint density at radius 2 is 1.40 bits per heavy atom. The van der Waals surface area contributed by atoms with Crippen LogP contribution in [0.25, 0.3) is 11.1 Å². The van der Waals surface area contributed by atoms with Crippen molar-refractivity contribution in [2.24, 2.45) is 11.3 Å². The van der Waals surface area contributed by atoms with E-state index in [1.807, 2.05) is 0 Å². The summed E-state index contributed by atoms with van der Waals surface area (Å²) in [6.07, 6.45) is 7.49. The first kappa shape index (κ1) is 35.0. The molecule has 2 aliphatic rings. The van der Waals surface area contributed by atoms with Gasteiger partial charge in [0.2, 0.25) is 0 Å². The van der Waals surface area contributed by atoms with Crippen molar-refractivity contribution in [2.75, 3.05) is 0 Å². The molecule has 0 radical (unpaired) electrons. The largest absolute Gasteiger partial charge is 1.00 e. The van der Waals surface area contributed by atoms with E-state index in [1.165, 1.54) is 39.8 Å². The first-order valence-electron chi connectivity index (χ1n) is 15.2. The molecule has 0 heterocycles. The number of hydrogen-bond acceptors (Lipinski definition) is 0. The van der Waals surface area contributed by atoms with Crippen LogP contribution >= 0.6 is 0 Å². The Bertz CT molecular complexity index is 1530. The summed E-state index contributed by atoms with van der Waals surface area (Å²) in [5.41, 5.74) is 12.4. The molecule has 222 valence electrons. The van der Waals surface area contributed by atoms with Gasteiger partial charge in [-0.25, -0.2) is 0 Å². The summed E-state index contributed by atoms with van der Waals surface area (Å²) >= 11 is -2.55. The average Bonchev–Trinajstić information content (AvgIpc) is 3.48. The van der Waals surface area contributed by atoms with Crippen LogP contribution in [0.2, 0.25) is 0 Å². The van der Waals surface area contributed by atoms with E-state index in [2.05, 4.69) is 146 Å². The molecule has 2 aliphatic carbocycles. The third-order valence-corrected chi connectivity index (χ3v) is 15.9. The second-order valence-electron chi connectivity index (χ2n) is 15.0. The molecule has 0 spiro atoms. The van der Waals surface area contributed by atoms with E-state index in [9.17, 15) is 0 Å². The summed E-state index contributed by atoms with van der Waals surface area (Å²) < 4.78 is 6.24. The van der Waals surface area contributed by atoms with Crippen molar-refractivity contribution in [1.82, 2.24) is 0 Å². The van der Waals surface area contributed by atoms with Crippen LogP contribution in [0.4, 0.5) is 0 Å². The molecule has 3 heteroatoms. The number of benzene rings is 3. The molecule has 0 bridgehead atoms. The van der Waals surface area contributed by atoms with E-state index in [0.29, 0.717) is 5.92 Å². The number of halogens is 2. The number of rotatable bonds is 4. The number of allylic oxidation sites excluding steroid dienone is 4. The second kappa shape index (κ2) is 12.8. The van der Waals surface area contributed by atoms with Crippen LogP contribution in [-0.2, 0) is 38.5 Å². The molecule has 1 atom stereocenters. The SMILES string of the molecule is CCC1C=C(C(C)(C)C)C=[C]1/[Zr+2](=[CH]/c1ccccc1)[c]1c(C(C)(C)C)ccc2c1Cc1cc(C(C)(C)C)ccc1-2.[Cl-].[Cl-]. The van der Waals surface area contributed by atoms with Crippen molar-refractivity contribution in [1.29, 1.82) is 0 Å². The molecule has 0 saturated carbocycles. The number of hydrogen-bond donors (Lipinski definition) is 0. The van der Waals surface area contributed by atoms with Crippen LogP contribution in [-0.4, -0.2) is 3.71 Å². The molecule has 0 amide bonds. The van der Waals surface area contributed by atoms with E-state index >= 15 is 0 Å². The Morgan fingerprint density at radius 3 is 1.98 bits per heavy atom. The van der Waals surface area contributed by atoms with Gasteiger partial charge in [0.1, 0.15) is 0 Å². The molecule has 3 aromatic rings. The summed E-state index contributed by atoms with van der Waals surface area (Å²) in [7, 11) is 0. The van der Waals surface area contributed by atoms with Gasteiger partial charge < -0.3 is 24.8 Å². The molecule has 0 fully saturated rings. The fourth-order valence-corrected chi connectivity index (χ4v) is 14.8.